The van der Waals surface area contributed by atoms with Crippen LogP contribution in [0.2, 0.25) is 0 Å². The van der Waals surface area contributed by atoms with Crippen molar-refractivity contribution in [2.24, 2.45) is 5.41 Å². The van der Waals surface area contributed by atoms with Gasteiger partial charge in [-0.05, 0) is 31.4 Å². The molecule has 2 heterocycles. The minimum atomic E-state index is -1.10. The summed E-state index contributed by atoms with van der Waals surface area (Å²) in [5, 5.41) is 0.0487. The minimum Gasteiger partial charge on any atom is -0.481 e. The first kappa shape index (κ1) is 24.5. The molecule has 5 rings (SSSR count). The molecule has 1 aromatic heterocycles. The lowest BCUT2D eigenvalue weighted by Crippen LogP contribution is -2.35. The highest BCUT2D eigenvalue weighted by molar-refractivity contribution is 5.99. The molecule has 0 atom stereocenters. The summed E-state index contributed by atoms with van der Waals surface area (Å²) in [7, 11) is 1.42. The molecule has 0 unspecified atom stereocenters. The van der Waals surface area contributed by atoms with Crippen LogP contribution in [0.5, 0.6) is 5.88 Å². The van der Waals surface area contributed by atoms with Crippen LogP contribution in [-0.4, -0.2) is 37.5 Å². The second-order valence-electron chi connectivity index (χ2n) is 10.1. The van der Waals surface area contributed by atoms with Crippen molar-refractivity contribution in [3.05, 3.63) is 63.6 Å². The molecule has 1 aliphatic carbocycles. The van der Waals surface area contributed by atoms with Crippen molar-refractivity contribution < 1.29 is 28.1 Å². The smallest absolute Gasteiger partial charge is 0.347 e. The summed E-state index contributed by atoms with van der Waals surface area (Å²) >= 11 is 0. The number of nitrogens with zero attached hydrogens (tertiary/aromatic N) is 1. The summed E-state index contributed by atoms with van der Waals surface area (Å²) in [5.41, 5.74) is 0.264. The van der Waals surface area contributed by atoms with Gasteiger partial charge in [0.05, 0.1) is 43.4 Å². The summed E-state index contributed by atoms with van der Waals surface area (Å²) in [6.07, 6.45) is 0.580. The Morgan fingerprint density at radius 2 is 1.83 bits per heavy atom. The van der Waals surface area contributed by atoms with Crippen LogP contribution in [0, 0.1) is 11.2 Å². The molecule has 0 radical (unpaired) electrons. The van der Waals surface area contributed by atoms with Crippen LogP contribution in [0.3, 0.4) is 0 Å². The first-order valence-electron chi connectivity index (χ1n) is 12.2. The Kier molecular flexibility index (Phi) is 6.34. The lowest BCUT2D eigenvalue weighted by atomic mass is 9.93. The number of rotatable bonds is 6. The summed E-state index contributed by atoms with van der Waals surface area (Å²) in [6, 6.07) is 10.8. The summed E-state index contributed by atoms with van der Waals surface area (Å²) < 4.78 is 41.0. The Morgan fingerprint density at radius 3 is 2.42 bits per heavy atom. The van der Waals surface area contributed by atoms with E-state index in [4.69, 9.17) is 18.9 Å². The van der Waals surface area contributed by atoms with Gasteiger partial charge in [-0.15, -0.1) is 0 Å². The lowest BCUT2D eigenvalue weighted by molar-refractivity contribution is -0.226. The van der Waals surface area contributed by atoms with Gasteiger partial charge in [0.2, 0.25) is 11.3 Å². The molecule has 2 aliphatic rings. The third-order valence-electron chi connectivity index (χ3n) is 6.58. The summed E-state index contributed by atoms with van der Waals surface area (Å²) in [6.45, 7) is 6.37. The molecule has 190 valence electrons. The zero-order chi connectivity index (χ0) is 25.6. The van der Waals surface area contributed by atoms with Crippen molar-refractivity contribution in [1.82, 2.24) is 4.57 Å². The third-order valence-corrected chi connectivity index (χ3v) is 6.58. The normalized spacial score (nSPS) is 17.8. The molecule has 1 aliphatic heterocycles. The van der Waals surface area contributed by atoms with Crippen molar-refractivity contribution in [2.45, 2.75) is 45.9 Å². The number of hydrogen-bond donors (Lipinski definition) is 0. The highest BCUT2D eigenvalue weighted by atomic mass is 19.1. The van der Waals surface area contributed by atoms with Crippen LogP contribution in [-0.2, 0) is 14.2 Å². The van der Waals surface area contributed by atoms with Crippen LogP contribution in [0.1, 0.15) is 61.9 Å². The fourth-order valence-electron chi connectivity index (χ4n) is 4.73. The number of aromatic nitrogens is 1. The van der Waals surface area contributed by atoms with E-state index in [1.165, 1.54) is 7.11 Å². The maximum absolute atomic E-state index is 16.4. The highest BCUT2D eigenvalue weighted by Crippen LogP contribution is 2.45. The predicted octanol–water partition coefficient (Wildman–Crippen LogP) is 5.40. The fourth-order valence-corrected chi connectivity index (χ4v) is 4.73. The maximum Gasteiger partial charge on any atom is 0.347 e. The van der Waals surface area contributed by atoms with Crippen molar-refractivity contribution in [2.75, 3.05) is 26.9 Å². The number of pyridine rings is 1. The van der Waals surface area contributed by atoms with E-state index in [-0.39, 0.29) is 40.5 Å². The molecule has 8 heteroatoms. The zero-order valence-corrected chi connectivity index (χ0v) is 20.9. The van der Waals surface area contributed by atoms with Crippen LogP contribution >= 0.6 is 0 Å². The van der Waals surface area contributed by atoms with Crippen molar-refractivity contribution in [1.29, 1.82) is 0 Å². The number of methoxy groups -OCH3 is 1. The van der Waals surface area contributed by atoms with Gasteiger partial charge in [0.25, 0.3) is 0 Å². The van der Waals surface area contributed by atoms with Gasteiger partial charge in [0.15, 0.2) is 11.9 Å². The molecule has 7 nitrogen and oxygen atoms in total. The monoisotopic (exact) mass is 495 g/mol. The van der Waals surface area contributed by atoms with Gasteiger partial charge in [0, 0.05) is 17.0 Å². The molecular weight excluding hydrogens is 465 g/mol. The number of benzene rings is 2. The van der Waals surface area contributed by atoms with Crippen LogP contribution < -0.4 is 10.2 Å². The molecule has 2 aromatic carbocycles. The molecule has 36 heavy (non-hydrogen) atoms. The minimum absolute atomic E-state index is 0.00490. The highest BCUT2D eigenvalue weighted by Gasteiger charge is 2.38. The second kappa shape index (κ2) is 9.33. The molecule has 0 amide bonds. The van der Waals surface area contributed by atoms with Gasteiger partial charge in [-0.3, -0.25) is 4.79 Å². The van der Waals surface area contributed by atoms with E-state index >= 15 is 4.39 Å². The largest absolute Gasteiger partial charge is 0.481 e. The summed E-state index contributed by atoms with van der Waals surface area (Å²) in [5.74, 6) is -1.30. The number of halogens is 1. The topological polar surface area (TPSA) is 76.0 Å². The second-order valence-corrected chi connectivity index (χ2v) is 10.1. The van der Waals surface area contributed by atoms with Crippen LogP contribution in [0.25, 0.3) is 22.0 Å². The third kappa shape index (κ3) is 4.18. The Bertz CT molecular complexity index is 1370. The lowest BCUT2D eigenvalue weighted by Gasteiger charge is -2.35. The van der Waals surface area contributed by atoms with Gasteiger partial charge in [-0.2, -0.15) is 0 Å². The number of hydrogen-bond acceptors (Lipinski definition) is 6. The van der Waals surface area contributed by atoms with E-state index in [1.54, 1.807) is 13.0 Å². The quantitative estimate of drug-likeness (QED) is 0.426. The number of carbonyl (C=O) groups excluding carboxylic acids is 1. The molecule has 2 fully saturated rings. The number of esters is 1. The number of fused-ring (bicyclic) bond motifs is 1. The maximum atomic E-state index is 16.4. The average Bonchev–Trinajstić information content (AvgIpc) is 3.70. The Labute approximate surface area is 208 Å². The Hall–Kier alpha value is -3.23. The average molecular weight is 496 g/mol. The van der Waals surface area contributed by atoms with Crippen molar-refractivity contribution >= 4 is 16.9 Å². The van der Waals surface area contributed by atoms with Crippen molar-refractivity contribution in [3.63, 3.8) is 0 Å². The summed E-state index contributed by atoms with van der Waals surface area (Å²) in [4.78, 5) is 26.9. The SMILES string of the molecule is CCOC(=O)c1c(OC)n(C2CC2)c2cc(-c3ccccc3)c(F)c(C3OCC(C)(C)CO3)c2c1=O. The Morgan fingerprint density at radius 1 is 1.17 bits per heavy atom. The first-order valence-corrected chi connectivity index (χ1v) is 12.2. The van der Waals surface area contributed by atoms with Gasteiger partial charge in [-0.1, -0.05) is 44.2 Å². The van der Waals surface area contributed by atoms with E-state index < -0.39 is 23.5 Å². The van der Waals surface area contributed by atoms with Gasteiger partial charge in [-0.25, -0.2) is 9.18 Å². The van der Waals surface area contributed by atoms with E-state index in [0.29, 0.717) is 29.9 Å². The number of carbonyl (C=O) groups is 1. The Balaban J connectivity index is 1.89. The van der Waals surface area contributed by atoms with Crippen molar-refractivity contribution in [3.8, 4) is 17.0 Å². The van der Waals surface area contributed by atoms with E-state index in [9.17, 15) is 9.59 Å². The first-order chi connectivity index (χ1) is 17.3. The predicted molar refractivity (Wildman–Crippen MR) is 133 cm³/mol. The molecule has 0 spiro atoms. The van der Waals surface area contributed by atoms with Gasteiger partial charge < -0.3 is 23.5 Å². The molecule has 1 saturated carbocycles. The molecule has 0 N–H and O–H groups in total. The number of ether oxygens (including phenoxy) is 4. The molecule has 0 bridgehead atoms. The van der Waals surface area contributed by atoms with Gasteiger partial charge in [0.1, 0.15) is 5.82 Å². The van der Waals surface area contributed by atoms with E-state index in [0.717, 1.165) is 12.8 Å². The molecule has 3 aromatic rings. The standard InChI is InChI=1S/C28H30FNO6/c1-5-34-26(32)22-24(31)20-19(30(17-11-12-17)25(22)33-4)13-18(16-9-7-6-8-10-16)23(29)21(20)27-35-14-28(2,3)15-36-27/h6-10,13,17,27H,5,11-12,14-15H2,1-4H3. The fraction of sp³-hybridized carbons (Fsp3) is 0.429. The van der Waals surface area contributed by atoms with E-state index in [1.807, 2.05) is 48.7 Å². The van der Waals surface area contributed by atoms with Gasteiger partial charge >= 0.3 is 5.97 Å². The zero-order valence-electron chi connectivity index (χ0n) is 20.9. The van der Waals surface area contributed by atoms with Crippen LogP contribution in [0.4, 0.5) is 4.39 Å². The molecule has 1 saturated heterocycles. The van der Waals surface area contributed by atoms with Crippen LogP contribution in [0.15, 0.2) is 41.2 Å². The van der Waals surface area contributed by atoms with E-state index in [2.05, 4.69) is 0 Å². The molecular formula is C28H30FNO6.